The SMILES string of the molecule is CCC(N)C(c1cccc(F)c1)N1CC(C)CC(C)C1. The smallest absolute Gasteiger partial charge is 0.123 e. The molecule has 0 saturated carbocycles. The zero-order chi connectivity index (χ0) is 14.7. The minimum absolute atomic E-state index is 0.0503. The molecule has 0 bridgehead atoms. The van der Waals surface area contributed by atoms with Gasteiger partial charge in [0, 0.05) is 25.2 Å². The summed E-state index contributed by atoms with van der Waals surface area (Å²) in [6, 6.07) is 7.11. The number of hydrogen-bond acceptors (Lipinski definition) is 2. The molecule has 1 aromatic carbocycles. The van der Waals surface area contributed by atoms with Crippen molar-refractivity contribution in [1.82, 2.24) is 4.90 Å². The van der Waals surface area contributed by atoms with Crippen LogP contribution < -0.4 is 5.73 Å². The monoisotopic (exact) mass is 278 g/mol. The van der Waals surface area contributed by atoms with Crippen LogP contribution >= 0.6 is 0 Å². The van der Waals surface area contributed by atoms with Crippen LogP contribution in [0.1, 0.15) is 45.2 Å². The van der Waals surface area contributed by atoms with E-state index in [1.807, 2.05) is 6.07 Å². The van der Waals surface area contributed by atoms with Crippen molar-refractivity contribution in [3.05, 3.63) is 35.6 Å². The maximum atomic E-state index is 13.6. The van der Waals surface area contributed by atoms with Crippen molar-refractivity contribution in [3.63, 3.8) is 0 Å². The van der Waals surface area contributed by atoms with Crippen LogP contribution in [0.2, 0.25) is 0 Å². The second-order valence-electron chi connectivity index (χ2n) is 6.47. The van der Waals surface area contributed by atoms with E-state index >= 15 is 0 Å². The third kappa shape index (κ3) is 3.58. The first-order chi connectivity index (χ1) is 9.51. The first-order valence-electron chi connectivity index (χ1n) is 7.76. The maximum Gasteiger partial charge on any atom is 0.123 e. The normalized spacial score (nSPS) is 27.2. The molecule has 4 unspecified atom stereocenters. The molecule has 4 atom stereocenters. The van der Waals surface area contributed by atoms with Gasteiger partial charge in [0.15, 0.2) is 0 Å². The molecular formula is C17H27FN2. The van der Waals surface area contributed by atoms with Crippen LogP contribution in [0, 0.1) is 17.7 Å². The Kier molecular flexibility index (Phi) is 5.17. The first kappa shape index (κ1) is 15.5. The third-order valence-corrected chi connectivity index (χ3v) is 4.36. The number of halogens is 1. The van der Waals surface area contributed by atoms with Gasteiger partial charge in [-0.2, -0.15) is 0 Å². The molecule has 2 rings (SSSR count). The Hall–Kier alpha value is -0.930. The Bertz CT molecular complexity index is 425. The predicted octanol–water partition coefficient (Wildman–Crippen LogP) is 3.58. The number of hydrogen-bond donors (Lipinski definition) is 1. The fourth-order valence-electron chi connectivity index (χ4n) is 3.58. The van der Waals surface area contributed by atoms with E-state index in [2.05, 4.69) is 25.7 Å². The molecule has 1 aliphatic heterocycles. The van der Waals surface area contributed by atoms with Crippen molar-refractivity contribution in [2.24, 2.45) is 17.6 Å². The Balaban J connectivity index is 2.27. The summed E-state index contributed by atoms with van der Waals surface area (Å²) in [5, 5.41) is 0. The summed E-state index contributed by atoms with van der Waals surface area (Å²) in [7, 11) is 0. The van der Waals surface area contributed by atoms with Crippen LogP contribution in [0.25, 0.3) is 0 Å². The zero-order valence-electron chi connectivity index (χ0n) is 12.8. The van der Waals surface area contributed by atoms with Crippen molar-refractivity contribution >= 4 is 0 Å². The molecule has 0 aliphatic carbocycles. The summed E-state index contributed by atoms with van der Waals surface area (Å²) >= 11 is 0. The molecule has 2 nitrogen and oxygen atoms in total. The van der Waals surface area contributed by atoms with Crippen LogP contribution in [0.15, 0.2) is 24.3 Å². The fourth-order valence-corrected chi connectivity index (χ4v) is 3.58. The number of likely N-dealkylation sites (tertiary alicyclic amines) is 1. The van der Waals surface area contributed by atoms with Gasteiger partial charge in [-0.25, -0.2) is 4.39 Å². The van der Waals surface area contributed by atoms with Crippen LogP contribution in [0.4, 0.5) is 4.39 Å². The quantitative estimate of drug-likeness (QED) is 0.912. The summed E-state index contributed by atoms with van der Waals surface area (Å²) in [5.74, 6) is 1.19. The second kappa shape index (κ2) is 6.68. The van der Waals surface area contributed by atoms with Gasteiger partial charge in [-0.05, 0) is 42.4 Å². The topological polar surface area (TPSA) is 29.3 Å². The Labute approximate surface area is 122 Å². The Morgan fingerprint density at radius 3 is 2.50 bits per heavy atom. The molecule has 3 heteroatoms. The van der Waals surface area contributed by atoms with E-state index in [1.54, 1.807) is 12.1 Å². The molecule has 0 spiro atoms. The number of rotatable bonds is 4. The lowest BCUT2D eigenvalue weighted by Gasteiger charge is -2.42. The number of piperidine rings is 1. The lowest BCUT2D eigenvalue weighted by molar-refractivity contribution is 0.0809. The molecule has 1 aromatic rings. The van der Waals surface area contributed by atoms with Gasteiger partial charge in [0.2, 0.25) is 0 Å². The van der Waals surface area contributed by atoms with E-state index in [4.69, 9.17) is 5.73 Å². The maximum absolute atomic E-state index is 13.6. The lowest BCUT2D eigenvalue weighted by atomic mass is 9.87. The average molecular weight is 278 g/mol. The van der Waals surface area contributed by atoms with Crippen molar-refractivity contribution in [2.75, 3.05) is 13.1 Å². The van der Waals surface area contributed by atoms with Crippen molar-refractivity contribution in [2.45, 2.75) is 45.7 Å². The first-order valence-corrected chi connectivity index (χ1v) is 7.76. The standard InChI is InChI=1S/C17H27FN2/c1-4-16(19)17(14-6-5-7-15(18)9-14)20-10-12(2)8-13(3)11-20/h5-7,9,12-13,16-17H,4,8,10-11,19H2,1-3H3. The molecule has 1 heterocycles. The minimum Gasteiger partial charge on any atom is -0.326 e. The van der Waals surface area contributed by atoms with Crippen LogP contribution in [-0.2, 0) is 0 Å². The average Bonchev–Trinajstić information content (AvgIpc) is 2.37. The van der Waals surface area contributed by atoms with E-state index in [0.29, 0.717) is 11.8 Å². The van der Waals surface area contributed by atoms with Crippen molar-refractivity contribution in [3.8, 4) is 0 Å². The number of nitrogens with zero attached hydrogens (tertiary/aromatic N) is 1. The highest BCUT2D eigenvalue weighted by Crippen LogP contribution is 2.32. The van der Waals surface area contributed by atoms with E-state index in [1.165, 1.54) is 12.5 Å². The summed E-state index contributed by atoms with van der Waals surface area (Å²) in [6.07, 6.45) is 2.17. The van der Waals surface area contributed by atoms with Gasteiger partial charge in [0.1, 0.15) is 5.82 Å². The number of nitrogens with two attached hydrogens (primary N) is 1. The molecule has 1 saturated heterocycles. The Morgan fingerprint density at radius 2 is 1.95 bits per heavy atom. The highest BCUT2D eigenvalue weighted by atomic mass is 19.1. The van der Waals surface area contributed by atoms with E-state index in [9.17, 15) is 4.39 Å². The molecule has 0 amide bonds. The Morgan fingerprint density at radius 1 is 1.30 bits per heavy atom. The van der Waals surface area contributed by atoms with Gasteiger partial charge >= 0.3 is 0 Å². The van der Waals surface area contributed by atoms with Crippen molar-refractivity contribution < 1.29 is 4.39 Å². The van der Waals surface area contributed by atoms with E-state index in [0.717, 1.165) is 25.1 Å². The predicted molar refractivity (Wildman–Crippen MR) is 81.9 cm³/mol. The largest absolute Gasteiger partial charge is 0.326 e. The summed E-state index contributed by atoms with van der Waals surface area (Å²) in [5.41, 5.74) is 7.37. The molecular weight excluding hydrogens is 251 g/mol. The van der Waals surface area contributed by atoms with Crippen LogP contribution in [-0.4, -0.2) is 24.0 Å². The van der Waals surface area contributed by atoms with Gasteiger partial charge in [-0.1, -0.05) is 32.9 Å². The minimum atomic E-state index is -0.172. The van der Waals surface area contributed by atoms with Crippen molar-refractivity contribution in [1.29, 1.82) is 0 Å². The molecule has 1 aliphatic rings. The molecule has 20 heavy (non-hydrogen) atoms. The van der Waals surface area contributed by atoms with E-state index < -0.39 is 0 Å². The number of benzene rings is 1. The van der Waals surface area contributed by atoms with Crippen LogP contribution in [0.3, 0.4) is 0 Å². The third-order valence-electron chi connectivity index (χ3n) is 4.36. The molecule has 112 valence electrons. The molecule has 2 N–H and O–H groups in total. The lowest BCUT2D eigenvalue weighted by Crippen LogP contribution is -2.47. The van der Waals surface area contributed by atoms with Gasteiger partial charge in [0.25, 0.3) is 0 Å². The van der Waals surface area contributed by atoms with E-state index in [-0.39, 0.29) is 17.9 Å². The van der Waals surface area contributed by atoms with Gasteiger partial charge < -0.3 is 5.73 Å². The summed E-state index contributed by atoms with van der Waals surface area (Å²) in [6.45, 7) is 8.80. The zero-order valence-corrected chi connectivity index (χ0v) is 12.8. The summed E-state index contributed by atoms with van der Waals surface area (Å²) < 4.78 is 13.6. The fraction of sp³-hybridized carbons (Fsp3) is 0.647. The second-order valence-corrected chi connectivity index (χ2v) is 6.47. The molecule has 0 radical (unpaired) electrons. The molecule has 1 fully saturated rings. The highest BCUT2D eigenvalue weighted by molar-refractivity contribution is 5.22. The van der Waals surface area contributed by atoms with Crippen LogP contribution in [0.5, 0.6) is 0 Å². The molecule has 0 aromatic heterocycles. The van der Waals surface area contributed by atoms with Gasteiger partial charge in [0.05, 0.1) is 0 Å². The van der Waals surface area contributed by atoms with Gasteiger partial charge in [-0.3, -0.25) is 4.90 Å². The highest BCUT2D eigenvalue weighted by Gasteiger charge is 2.31. The summed E-state index contributed by atoms with van der Waals surface area (Å²) in [4.78, 5) is 2.46. The van der Waals surface area contributed by atoms with Gasteiger partial charge in [-0.15, -0.1) is 0 Å².